The second-order valence-corrected chi connectivity index (χ2v) is 4.98. The van der Waals surface area contributed by atoms with E-state index in [1.165, 1.54) is 17.1 Å². The maximum absolute atomic E-state index is 10.0. The van der Waals surface area contributed by atoms with E-state index in [1.54, 1.807) is 0 Å². The lowest BCUT2D eigenvalue weighted by molar-refractivity contribution is -0.0508. The quantitative estimate of drug-likeness (QED) is 0.576. The molecule has 3 rings (SSSR count). The molecule has 2 aromatic rings. The second kappa shape index (κ2) is 4.83. The highest BCUT2D eigenvalue weighted by Gasteiger charge is 2.44. The van der Waals surface area contributed by atoms with Gasteiger partial charge in [0.05, 0.1) is 17.0 Å². The molecule has 0 aromatic carbocycles. The van der Waals surface area contributed by atoms with Crippen LogP contribution < -0.4 is 5.73 Å². The SMILES string of the molecule is Nc1ncnc2c1c(Cl)cn2C1OC(CO)C(O)C1O. The van der Waals surface area contributed by atoms with Crippen LogP contribution >= 0.6 is 11.6 Å². The number of halogens is 1. The number of nitrogen functional groups attached to an aromatic ring is 1. The lowest BCUT2D eigenvalue weighted by Gasteiger charge is -2.17. The fourth-order valence-corrected chi connectivity index (χ4v) is 2.65. The van der Waals surface area contributed by atoms with Crippen LogP contribution in [0.4, 0.5) is 5.82 Å². The largest absolute Gasteiger partial charge is 0.394 e. The fraction of sp³-hybridized carbons (Fsp3) is 0.455. The molecule has 9 heteroatoms. The Morgan fingerprint density at radius 2 is 2.10 bits per heavy atom. The van der Waals surface area contributed by atoms with Gasteiger partial charge < -0.3 is 30.4 Å². The van der Waals surface area contributed by atoms with E-state index >= 15 is 0 Å². The summed E-state index contributed by atoms with van der Waals surface area (Å²) in [7, 11) is 0. The highest BCUT2D eigenvalue weighted by atomic mass is 35.5. The number of hydrogen-bond acceptors (Lipinski definition) is 7. The summed E-state index contributed by atoms with van der Waals surface area (Å²) in [5.74, 6) is 0.213. The summed E-state index contributed by atoms with van der Waals surface area (Å²) in [5, 5.41) is 29.7. The zero-order chi connectivity index (χ0) is 14.4. The Bertz CT molecular complexity index is 649. The predicted molar refractivity (Wildman–Crippen MR) is 70.0 cm³/mol. The topological polar surface area (TPSA) is 127 Å². The van der Waals surface area contributed by atoms with Crippen LogP contribution in [0.2, 0.25) is 5.02 Å². The van der Waals surface area contributed by atoms with Gasteiger partial charge in [0.1, 0.15) is 36.1 Å². The van der Waals surface area contributed by atoms with Crippen molar-refractivity contribution < 1.29 is 20.1 Å². The van der Waals surface area contributed by atoms with E-state index in [9.17, 15) is 10.2 Å². The molecule has 1 fully saturated rings. The fourth-order valence-electron chi connectivity index (χ4n) is 2.37. The first-order valence-corrected chi connectivity index (χ1v) is 6.31. The van der Waals surface area contributed by atoms with Gasteiger partial charge in [-0.2, -0.15) is 0 Å². The molecule has 8 nitrogen and oxygen atoms in total. The third kappa shape index (κ3) is 1.85. The molecule has 2 aromatic heterocycles. The molecule has 0 radical (unpaired) electrons. The van der Waals surface area contributed by atoms with Gasteiger partial charge >= 0.3 is 0 Å². The molecular weight excluding hydrogens is 288 g/mol. The first-order chi connectivity index (χ1) is 9.54. The van der Waals surface area contributed by atoms with E-state index in [4.69, 9.17) is 27.2 Å². The highest BCUT2D eigenvalue weighted by molar-refractivity contribution is 6.36. The predicted octanol–water partition coefficient (Wildman–Crippen LogP) is -0.722. The van der Waals surface area contributed by atoms with Crippen molar-refractivity contribution in [2.75, 3.05) is 12.3 Å². The maximum atomic E-state index is 10.0. The van der Waals surface area contributed by atoms with Gasteiger partial charge in [0.15, 0.2) is 6.23 Å². The van der Waals surface area contributed by atoms with Crippen molar-refractivity contribution >= 4 is 28.5 Å². The van der Waals surface area contributed by atoms with E-state index in [0.717, 1.165) is 0 Å². The minimum absolute atomic E-state index is 0.213. The molecule has 5 N–H and O–H groups in total. The lowest BCUT2D eigenvalue weighted by Crippen LogP contribution is -2.33. The summed E-state index contributed by atoms with van der Waals surface area (Å²) in [6.45, 7) is -0.404. The number of hydrogen-bond donors (Lipinski definition) is 4. The molecule has 0 amide bonds. The third-order valence-electron chi connectivity index (χ3n) is 3.38. The van der Waals surface area contributed by atoms with E-state index < -0.39 is 31.1 Å². The van der Waals surface area contributed by atoms with E-state index in [-0.39, 0.29) is 5.82 Å². The number of aromatic nitrogens is 3. The van der Waals surface area contributed by atoms with Crippen LogP contribution in [0.1, 0.15) is 6.23 Å². The standard InChI is InChI=1S/C11H13ClN4O4/c12-4-1-16(10-6(4)9(13)14-3-15-10)11-8(19)7(18)5(2-17)20-11/h1,3,5,7-8,11,17-19H,2H2,(H2,13,14,15). The summed E-state index contributed by atoms with van der Waals surface area (Å²) in [6, 6.07) is 0. The minimum Gasteiger partial charge on any atom is -0.394 e. The Balaban J connectivity index is 2.10. The molecule has 1 aliphatic heterocycles. The number of rotatable bonds is 2. The van der Waals surface area contributed by atoms with Crippen molar-refractivity contribution in [3.05, 3.63) is 17.5 Å². The van der Waals surface area contributed by atoms with Crippen molar-refractivity contribution in [1.82, 2.24) is 14.5 Å². The van der Waals surface area contributed by atoms with Crippen molar-refractivity contribution in [2.24, 2.45) is 0 Å². The lowest BCUT2D eigenvalue weighted by atomic mass is 10.1. The first kappa shape index (κ1) is 13.5. The Labute approximate surface area is 118 Å². The van der Waals surface area contributed by atoms with Gasteiger partial charge in [-0.05, 0) is 0 Å². The number of fused-ring (bicyclic) bond motifs is 1. The molecule has 1 aliphatic rings. The van der Waals surface area contributed by atoms with Gasteiger partial charge in [-0.1, -0.05) is 11.6 Å². The van der Waals surface area contributed by atoms with Gasteiger partial charge in [-0.3, -0.25) is 0 Å². The number of nitrogens with two attached hydrogens (primary N) is 1. The Morgan fingerprint density at radius 1 is 1.35 bits per heavy atom. The minimum atomic E-state index is -1.21. The Hall–Kier alpha value is -1.45. The van der Waals surface area contributed by atoms with Crippen LogP contribution in [0.25, 0.3) is 11.0 Å². The third-order valence-corrected chi connectivity index (χ3v) is 3.67. The van der Waals surface area contributed by atoms with E-state index in [2.05, 4.69) is 9.97 Å². The molecule has 0 saturated carbocycles. The van der Waals surface area contributed by atoms with E-state index in [0.29, 0.717) is 16.1 Å². The van der Waals surface area contributed by atoms with Crippen molar-refractivity contribution in [1.29, 1.82) is 0 Å². The van der Waals surface area contributed by atoms with Crippen LogP contribution in [0.3, 0.4) is 0 Å². The van der Waals surface area contributed by atoms with Crippen LogP contribution in [0.5, 0.6) is 0 Å². The maximum Gasteiger partial charge on any atom is 0.164 e. The molecule has 4 unspecified atom stereocenters. The number of nitrogens with zero attached hydrogens (tertiary/aromatic N) is 3. The molecule has 0 spiro atoms. The number of ether oxygens (including phenoxy) is 1. The number of anilines is 1. The molecule has 0 bridgehead atoms. The molecular formula is C11H13ClN4O4. The smallest absolute Gasteiger partial charge is 0.164 e. The molecule has 0 aliphatic carbocycles. The van der Waals surface area contributed by atoms with Crippen LogP contribution in [0, 0.1) is 0 Å². The van der Waals surface area contributed by atoms with Gasteiger partial charge in [0.2, 0.25) is 0 Å². The summed E-state index contributed by atoms with van der Waals surface area (Å²) in [6.07, 6.45) is -1.42. The highest BCUT2D eigenvalue weighted by Crippen LogP contribution is 2.35. The zero-order valence-electron chi connectivity index (χ0n) is 10.2. The molecule has 20 heavy (non-hydrogen) atoms. The van der Waals surface area contributed by atoms with Crippen molar-refractivity contribution in [2.45, 2.75) is 24.5 Å². The first-order valence-electron chi connectivity index (χ1n) is 5.93. The molecule has 4 atom stereocenters. The van der Waals surface area contributed by atoms with E-state index in [1.807, 2.05) is 0 Å². The summed E-state index contributed by atoms with van der Waals surface area (Å²) in [5.41, 5.74) is 6.13. The van der Waals surface area contributed by atoms with Gasteiger partial charge in [0, 0.05) is 6.20 Å². The van der Waals surface area contributed by atoms with Crippen LogP contribution in [-0.2, 0) is 4.74 Å². The van der Waals surface area contributed by atoms with Crippen molar-refractivity contribution in [3.8, 4) is 0 Å². The second-order valence-electron chi connectivity index (χ2n) is 4.57. The Morgan fingerprint density at radius 3 is 2.75 bits per heavy atom. The average Bonchev–Trinajstić information content (AvgIpc) is 2.90. The number of aliphatic hydroxyl groups is 3. The van der Waals surface area contributed by atoms with Gasteiger partial charge in [-0.25, -0.2) is 9.97 Å². The van der Waals surface area contributed by atoms with Crippen LogP contribution in [0.15, 0.2) is 12.5 Å². The van der Waals surface area contributed by atoms with Gasteiger partial charge in [-0.15, -0.1) is 0 Å². The molecule has 108 valence electrons. The molecule has 1 saturated heterocycles. The summed E-state index contributed by atoms with van der Waals surface area (Å²) in [4.78, 5) is 7.92. The monoisotopic (exact) mass is 300 g/mol. The summed E-state index contributed by atoms with van der Waals surface area (Å²) < 4.78 is 6.91. The Kier molecular flexibility index (Phi) is 3.27. The average molecular weight is 301 g/mol. The zero-order valence-corrected chi connectivity index (χ0v) is 11.0. The normalized spacial score (nSPS) is 30.2. The number of aliphatic hydroxyl groups excluding tert-OH is 3. The summed E-state index contributed by atoms with van der Waals surface area (Å²) >= 11 is 6.09. The molecule has 3 heterocycles. The van der Waals surface area contributed by atoms with Crippen LogP contribution in [-0.4, -0.2) is 54.8 Å². The van der Waals surface area contributed by atoms with Crippen molar-refractivity contribution in [3.63, 3.8) is 0 Å². The van der Waals surface area contributed by atoms with Gasteiger partial charge in [0.25, 0.3) is 0 Å².